The van der Waals surface area contributed by atoms with Crippen LogP contribution in [0.4, 0.5) is 0 Å². The topological polar surface area (TPSA) is 74.6 Å². The van der Waals surface area contributed by atoms with E-state index < -0.39 is 15.4 Å². The predicted molar refractivity (Wildman–Crippen MR) is 107 cm³/mol. The zero-order valence-electron chi connectivity index (χ0n) is 16.6. The maximum atomic E-state index is 11.3. The second-order valence-corrected chi connectivity index (χ2v) is 9.18. The molecule has 5 heteroatoms. The van der Waals surface area contributed by atoms with Gasteiger partial charge < -0.3 is 5.11 Å². The minimum absolute atomic E-state index is 0.103. The number of aliphatic hydroxyl groups excluding tert-OH is 1. The van der Waals surface area contributed by atoms with Crippen molar-refractivity contribution in [3.63, 3.8) is 0 Å². The highest BCUT2D eigenvalue weighted by Crippen LogP contribution is 2.18. The fourth-order valence-corrected chi connectivity index (χ4v) is 4.27. The van der Waals surface area contributed by atoms with Crippen molar-refractivity contribution in [2.24, 2.45) is 0 Å². The highest BCUT2D eigenvalue weighted by molar-refractivity contribution is 7.86. The van der Waals surface area contributed by atoms with Gasteiger partial charge >= 0.3 is 0 Å². The van der Waals surface area contributed by atoms with Crippen LogP contribution >= 0.6 is 0 Å². The normalized spacial score (nSPS) is 14.6. The van der Waals surface area contributed by atoms with Crippen LogP contribution in [0.25, 0.3) is 0 Å². The van der Waals surface area contributed by atoms with Gasteiger partial charge in [-0.25, -0.2) is 0 Å². The number of rotatable bonds is 18. The zero-order chi connectivity index (χ0) is 19.0. The molecule has 0 rings (SSSR count). The van der Waals surface area contributed by atoms with Gasteiger partial charge in [0.1, 0.15) is 0 Å². The van der Waals surface area contributed by atoms with Gasteiger partial charge in [-0.3, -0.25) is 4.55 Å². The molecule has 4 nitrogen and oxygen atoms in total. The number of aliphatic hydroxyl groups is 1. The molecule has 0 saturated carbocycles. The molecule has 0 aliphatic carbocycles. The SMILES string of the molecule is CCCCC(CCCCCCCCCCCC(O)CCC)S(=O)(=O)O. The maximum absolute atomic E-state index is 11.3. The molecule has 2 atom stereocenters. The fraction of sp³-hybridized carbons (Fsp3) is 1.00. The summed E-state index contributed by atoms with van der Waals surface area (Å²) in [5, 5.41) is 9.10. The van der Waals surface area contributed by atoms with Crippen LogP contribution in [0, 0.1) is 0 Å². The molecule has 0 aliphatic heterocycles. The zero-order valence-corrected chi connectivity index (χ0v) is 17.4. The molecule has 0 aromatic heterocycles. The molecule has 2 N–H and O–H groups in total. The van der Waals surface area contributed by atoms with Crippen molar-refractivity contribution < 1.29 is 18.1 Å². The maximum Gasteiger partial charge on any atom is 0.267 e. The lowest BCUT2D eigenvalue weighted by Crippen LogP contribution is -2.20. The van der Waals surface area contributed by atoms with Crippen molar-refractivity contribution in [2.75, 3.05) is 0 Å². The lowest BCUT2D eigenvalue weighted by atomic mass is 10.0. The number of hydrogen-bond donors (Lipinski definition) is 2. The van der Waals surface area contributed by atoms with Crippen molar-refractivity contribution in [1.82, 2.24) is 0 Å². The second-order valence-electron chi connectivity index (χ2n) is 7.48. The molecule has 25 heavy (non-hydrogen) atoms. The van der Waals surface area contributed by atoms with Crippen molar-refractivity contribution in [1.29, 1.82) is 0 Å². The quantitative estimate of drug-likeness (QED) is 0.230. The van der Waals surface area contributed by atoms with Crippen molar-refractivity contribution in [2.45, 2.75) is 128 Å². The Labute approximate surface area is 156 Å². The molecule has 0 saturated heterocycles. The van der Waals surface area contributed by atoms with Gasteiger partial charge in [0.05, 0.1) is 11.4 Å². The third-order valence-electron chi connectivity index (χ3n) is 4.99. The largest absolute Gasteiger partial charge is 0.393 e. The van der Waals surface area contributed by atoms with E-state index in [9.17, 15) is 18.1 Å². The third-order valence-corrected chi connectivity index (χ3v) is 6.30. The minimum atomic E-state index is -3.88. The molecule has 0 amide bonds. The van der Waals surface area contributed by atoms with Gasteiger partial charge in [0.2, 0.25) is 0 Å². The highest BCUT2D eigenvalue weighted by atomic mass is 32.2. The molecular formula is C20H42O4S. The average Bonchev–Trinajstić information content (AvgIpc) is 2.54. The Morgan fingerprint density at radius 1 is 0.640 bits per heavy atom. The summed E-state index contributed by atoms with van der Waals surface area (Å²) in [5.74, 6) is 0. The minimum Gasteiger partial charge on any atom is -0.393 e. The number of unbranched alkanes of at least 4 members (excludes halogenated alkanes) is 9. The van der Waals surface area contributed by atoms with Gasteiger partial charge in [0.15, 0.2) is 0 Å². The molecule has 0 bridgehead atoms. The molecule has 152 valence electrons. The molecule has 0 aromatic carbocycles. The van der Waals surface area contributed by atoms with Crippen molar-refractivity contribution in [3.8, 4) is 0 Å². The van der Waals surface area contributed by atoms with Crippen molar-refractivity contribution >= 4 is 10.1 Å². The van der Waals surface area contributed by atoms with E-state index in [0.717, 1.165) is 57.8 Å². The van der Waals surface area contributed by atoms with Crippen LogP contribution in [0.2, 0.25) is 0 Å². The molecule has 2 unspecified atom stereocenters. The Bertz CT molecular complexity index is 381. The fourth-order valence-electron chi connectivity index (χ4n) is 3.34. The van der Waals surface area contributed by atoms with Gasteiger partial charge in [-0.05, 0) is 25.7 Å². The Morgan fingerprint density at radius 3 is 1.52 bits per heavy atom. The summed E-state index contributed by atoms with van der Waals surface area (Å²) in [6.07, 6.45) is 16.3. The van der Waals surface area contributed by atoms with Crippen LogP contribution in [0.5, 0.6) is 0 Å². The average molecular weight is 379 g/mol. The first-order chi connectivity index (χ1) is 11.9. The Morgan fingerprint density at radius 2 is 1.08 bits per heavy atom. The van der Waals surface area contributed by atoms with E-state index >= 15 is 0 Å². The van der Waals surface area contributed by atoms with Crippen LogP contribution in [0.3, 0.4) is 0 Å². The van der Waals surface area contributed by atoms with Crippen LogP contribution in [-0.4, -0.2) is 29.4 Å². The van der Waals surface area contributed by atoms with Gasteiger partial charge in [0.25, 0.3) is 10.1 Å². The molecule has 0 fully saturated rings. The van der Waals surface area contributed by atoms with Gasteiger partial charge in [-0.15, -0.1) is 0 Å². The summed E-state index contributed by atoms with van der Waals surface area (Å²) in [5.41, 5.74) is 0. The van der Waals surface area contributed by atoms with E-state index in [-0.39, 0.29) is 6.10 Å². The van der Waals surface area contributed by atoms with Crippen molar-refractivity contribution in [3.05, 3.63) is 0 Å². The molecule has 0 aliphatic rings. The predicted octanol–water partition coefficient (Wildman–Crippen LogP) is 5.89. The standard InChI is InChI=1S/C20H42O4S/c1-3-5-17-20(25(22,23)24)18-14-12-10-8-6-7-9-11-13-16-19(21)15-4-2/h19-21H,3-18H2,1-2H3,(H,22,23,24). The van der Waals surface area contributed by atoms with Gasteiger partial charge in [0, 0.05) is 0 Å². The first-order valence-corrected chi connectivity index (χ1v) is 12.1. The summed E-state index contributed by atoms with van der Waals surface area (Å²) < 4.78 is 32.0. The van der Waals surface area contributed by atoms with E-state index in [1.165, 1.54) is 32.1 Å². The first kappa shape index (κ1) is 24.9. The summed E-state index contributed by atoms with van der Waals surface area (Å²) in [7, 11) is -3.88. The highest BCUT2D eigenvalue weighted by Gasteiger charge is 2.21. The molecule has 0 spiro atoms. The van der Waals surface area contributed by atoms with Gasteiger partial charge in [-0.2, -0.15) is 8.42 Å². The molecule has 0 heterocycles. The summed E-state index contributed by atoms with van der Waals surface area (Å²) in [6.45, 7) is 4.14. The van der Waals surface area contributed by atoms with Crippen LogP contribution in [-0.2, 0) is 10.1 Å². The number of hydrogen-bond acceptors (Lipinski definition) is 3. The van der Waals surface area contributed by atoms with E-state index in [4.69, 9.17) is 0 Å². The Hall–Kier alpha value is -0.130. The lowest BCUT2D eigenvalue weighted by Gasteiger charge is -2.13. The van der Waals surface area contributed by atoms with E-state index in [2.05, 4.69) is 6.92 Å². The Kier molecular flexibility index (Phi) is 16.0. The summed E-state index contributed by atoms with van der Waals surface area (Å²) >= 11 is 0. The summed E-state index contributed by atoms with van der Waals surface area (Å²) in [4.78, 5) is 0. The lowest BCUT2D eigenvalue weighted by molar-refractivity contribution is 0.150. The first-order valence-electron chi connectivity index (χ1n) is 10.6. The van der Waals surface area contributed by atoms with Gasteiger partial charge in [-0.1, -0.05) is 90.9 Å². The van der Waals surface area contributed by atoms with Crippen LogP contribution < -0.4 is 0 Å². The van der Waals surface area contributed by atoms with Crippen LogP contribution in [0.1, 0.15) is 117 Å². The monoisotopic (exact) mass is 378 g/mol. The second kappa shape index (κ2) is 16.1. The van der Waals surface area contributed by atoms with E-state index in [1.807, 2.05) is 6.92 Å². The summed E-state index contributed by atoms with van der Waals surface area (Å²) in [6, 6.07) is 0. The van der Waals surface area contributed by atoms with Crippen LogP contribution in [0.15, 0.2) is 0 Å². The smallest absolute Gasteiger partial charge is 0.267 e. The van der Waals surface area contributed by atoms with E-state index in [0.29, 0.717) is 12.8 Å². The molecular weight excluding hydrogens is 336 g/mol. The Balaban J connectivity index is 3.48. The van der Waals surface area contributed by atoms with E-state index in [1.54, 1.807) is 0 Å². The molecule has 0 radical (unpaired) electrons. The molecule has 0 aromatic rings. The third kappa shape index (κ3) is 15.8.